The highest BCUT2D eigenvalue weighted by Gasteiger charge is 2.68. The summed E-state index contributed by atoms with van der Waals surface area (Å²) in [4.78, 5) is 4.26. The average molecular weight is 314 g/mol. The smallest absolute Gasteiger partial charge is 0.262 e. The predicted octanol–water partition coefficient (Wildman–Crippen LogP) is 4.37. The molecule has 1 aliphatic rings. The standard InChI is InChI=1S/C18H13F3N2/c19-18(20,21)15-11-17(15,12-22)23-16(13-7-3-1-4-8-13)14-9-5-2-6-10-14/h1-10,15H,11H2/t15-,17+/m0/s1. The van der Waals surface area contributed by atoms with Gasteiger partial charge in [0.15, 0.2) is 5.54 Å². The highest BCUT2D eigenvalue weighted by molar-refractivity contribution is 6.13. The number of nitriles is 1. The van der Waals surface area contributed by atoms with Crippen LogP contribution in [0.4, 0.5) is 13.2 Å². The van der Waals surface area contributed by atoms with Crippen molar-refractivity contribution in [1.29, 1.82) is 5.26 Å². The summed E-state index contributed by atoms with van der Waals surface area (Å²) in [6.45, 7) is 0. The molecule has 0 N–H and O–H groups in total. The van der Waals surface area contributed by atoms with Gasteiger partial charge in [0.2, 0.25) is 0 Å². The summed E-state index contributed by atoms with van der Waals surface area (Å²) in [5, 5.41) is 9.28. The second-order valence-electron chi connectivity index (χ2n) is 5.53. The average Bonchev–Trinajstić information content (AvgIpc) is 3.30. The van der Waals surface area contributed by atoms with Crippen LogP contribution < -0.4 is 0 Å². The molecular weight excluding hydrogens is 301 g/mol. The number of halogens is 3. The largest absolute Gasteiger partial charge is 0.395 e. The van der Waals surface area contributed by atoms with Crippen molar-refractivity contribution in [3.05, 3.63) is 71.8 Å². The molecule has 0 heterocycles. The van der Waals surface area contributed by atoms with E-state index >= 15 is 0 Å². The number of benzene rings is 2. The first-order valence-corrected chi connectivity index (χ1v) is 7.15. The van der Waals surface area contributed by atoms with Gasteiger partial charge in [0.1, 0.15) is 0 Å². The molecule has 0 spiro atoms. The first-order chi connectivity index (χ1) is 11.0. The second kappa shape index (κ2) is 5.54. The van der Waals surface area contributed by atoms with Gasteiger partial charge < -0.3 is 0 Å². The summed E-state index contributed by atoms with van der Waals surface area (Å²) in [7, 11) is 0. The molecule has 2 atom stereocenters. The van der Waals surface area contributed by atoms with Gasteiger partial charge in [-0.05, 0) is 0 Å². The van der Waals surface area contributed by atoms with E-state index in [1.807, 2.05) is 12.1 Å². The van der Waals surface area contributed by atoms with Crippen LogP contribution in [-0.4, -0.2) is 17.4 Å². The first-order valence-electron chi connectivity index (χ1n) is 7.15. The van der Waals surface area contributed by atoms with E-state index in [1.54, 1.807) is 54.6 Å². The number of rotatable bonds is 3. The summed E-state index contributed by atoms with van der Waals surface area (Å²) in [6.07, 6.45) is -4.69. The molecule has 1 saturated carbocycles. The Bertz CT molecular complexity index is 719. The minimum atomic E-state index is -4.41. The van der Waals surface area contributed by atoms with Crippen LogP contribution in [0.25, 0.3) is 0 Å². The maximum absolute atomic E-state index is 13.0. The summed E-state index contributed by atoms with van der Waals surface area (Å²) < 4.78 is 38.9. The zero-order valence-electron chi connectivity index (χ0n) is 12.1. The van der Waals surface area contributed by atoms with Crippen LogP contribution in [0.3, 0.4) is 0 Å². The zero-order chi connectivity index (χ0) is 16.5. The molecule has 0 aromatic heterocycles. The Kier molecular flexibility index (Phi) is 3.69. The fraction of sp³-hybridized carbons (Fsp3) is 0.222. The summed E-state index contributed by atoms with van der Waals surface area (Å²) in [5.41, 5.74) is 0.0982. The minimum Gasteiger partial charge on any atom is -0.262 e. The predicted molar refractivity (Wildman–Crippen MR) is 81.0 cm³/mol. The van der Waals surface area contributed by atoms with Crippen LogP contribution >= 0.6 is 0 Å². The maximum atomic E-state index is 13.0. The van der Waals surface area contributed by atoms with Crippen LogP contribution in [0.2, 0.25) is 0 Å². The van der Waals surface area contributed by atoms with E-state index in [-0.39, 0.29) is 6.42 Å². The Morgan fingerprint density at radius 2 is 1.48 bits per heavy atom. The maximum Gasteiger partial charge on any atom is 0.395 e. The van der Waals surface area contributed by atoms with Crippen molar-refractivity contribution in [2.75, 3.05) is 0 Å². The van der Waals surface area contributed by atoms with Gasteiger partial charge in [-0.1, -0.05) is 60.7 Å². The number of hydrogen-bond acceptors (Lipinski definition) is 2. The van der Waals surface area contributed by atoms with Gasteiger partial charge in [-0.25, -0.2) is 0 Å². The van der Waals surface area contributed by atoms with Crippen molar-refractivity contribution < 1.29 is 13.2 Å². The van der Waals surface area contributed by atoms with E-state index in [2.05, 4.69) is 4.99 Å². The number of nitrogens with zero attached hydrogens (tertiary/aromatic N) is 2. The van der Waals surface area contributed by atoms with Crippen LogP contribution in [0.5, 0.6) is 0 Å². The molecule has 0 saturated heterocycles. The van der Waals surface area contributed by atoms with Crippen molar-refractivity contribution >= 4 is 5.71 Å². The fourth-order valence-corrected chi connectivity index (χ4v) is 2.60. The van der Waals surface area contributed by atoms with Gasteiger partial charge in [-0.15, -0.1) is 0 Å². The summed E-state index contributed by atoms with van der Waals surface area (Å²) >= 11 is 0. The van der Waals surface area contributed by atoms with Crippen molar-refractivity contribution in [2.45, 2.75) is 18.1 Å². The molecule has 2 aromatic rings. The van der Waals surface area contributed by atoms with E-state index in [1.165, 1.54) is 0 Å². The van der Waals surface area contributed by atoms with Crippen molar-refractivity contribution in [3.63, 3.8) is 0 Å². The highest BCUT2D eigenvalue weighted by Crippen LogP contribution is 2.56. The van der Waals surface area contributed by atoms with Gasteiger partial charge in [-0.3, -0.25) is 4.99 Å². The SMILES string of the molecule is N#C[C@]1(N=C(c2ccccc2)c2ccccc2)C[C@@H]1C(F)(F)F. The normalized spacial score (nSPS) is 23.0. The van der Waals surface area contributed by atoms with Crippen molar-refractivity contribution in [2.24, 2.45) is 10.9 Å². The lowest BCUT2D eigenvalue weighted by Crippen LogP contribution is -2.21. The molecule has 3 rings (SSSR count). The Balaban J connectivity index is 2.09. The second-order valence-corrected chi connectivity index (χ2v) is 5.53. The van der Waals surface area contributed by atoms with Crippen LogP contribution in [-0.2, 0) is 0 Å². The third kappa shape index (κ3) is 2.98. The van der Waals surface area contributed by atoms with Crippen molar-refractivity contribution in [1.82, 2.24) is 0 Å². The topological polar surface area (TPSA) is 36.1 Å². The lowest BCUT2D eigenvalue weighted by Gasteiger charge is -2.12. The molecule has 5 heteroatoms. The summed E-state index contributed by atoms with van der Waals surface area (Å²) in [6, 6.07) is 19.7. The van der Waals surface area contributed by atoms with E-state index < -0.39 is 17.6 Å². The molecule has 0 amide bonds. The van der Waals surface area contributed by atoms with E-state index in [0.717, 1.165) is 0 Å². The lowest BCUT2D eigenvalue weighted by atomic mass is 10.0. The molecule has 23 heavy (non-hydrogen) atoms. The fourth-order valence-electron chi connectivity index (χ4n) is 2.60. The Morgan fingerprint density at radius 3 is 1.83 bits per heavy atom. The number of aliphatic imine (C=N–C) groups is 1. The van der Waals surface area contributed by atoms with Crippen LogP contribution in [0.15, 0.2) is 65.7 Å². The molecule has 1 aliphatic carbocycles. The number of hydrogen-bond donors (Lipinski definition) is 0. The molecule has 116 valence electrons. The van der Waals surface area contributed by atoms with Crippen LogP contribution in [0.1, 0.15) is 17.5 Å². The van der Waals surface area contributed by atoms with Gasteiger partial charge in [0, 0.05) is 17.5 Å². The zero-order valence-corrected chi connectivity index (χ0v) is 12.1. The van der Waals surface area contributed by atoms with Gasteiger partial charge in [-0.2, -0.15) is 18.4 Å². The third-order valence-electron chi connectivity index (χ3n) is 3.93. The van der Waals surface area contributed by atoms with Gasteiger partial charge in [0.25, 0.3) is 0 Å². The molecule has 0 radical (unpaired) electrons. The highest BCUT2D eigenvalue weighted by atomic mass is 19.4. The molecule has 0 aliphatic heterocycles. The number of alkyl halides is 3. The monoisotopic (exact) mass is 314 g/mol. The Labute approximate surface area is 131 Å². The molecule has 2 aromatic carbocycles. The molecular formula is C18H13F3N2. The van der Waals surface area contributed by atoms with Crippen molar-refractivity contribution in [3.8, 4) is 6.07 Å². The minimum absolute atomic E-state index is 0.282. The molecule has 0 unspecified atom stereocenters. The Hall–Kier alpha value is -2.61. The van der Waals surface area contributed by atoms with Gasteiger partial charge in [0.05, 0.1) is 17.7 Å². The van der Waals surface area contributed by atoms with E-state index in [9.17, 15) is 18.4 Å². The molecule has 1 fully saturated rings. The summed E-state index contributed by atoms with van der Waals surface area (Å²) in [5.74, 6) is -1.69. The van der Waals surface area contributed by atoms with E-state index in [4.69, 9.17) is 0 Å². The van der Waals surface area contributed by atoms with Gasteiger partial charge >= 0.3 is 6.18 Å². The third-order valence-corrected chi connectivity index (χ3v) is 3.93. The Morgan fingerprint density at radius 1 is 1.00 bits per heavy atom. The lowest BCUT2D eigenvalue weighted by molar-refractivity contribution is -0.150. The quantitative estimate of drug-likeness (QED) is 0.775. The van der Waals surface area contributed by atoms with Crippen LogP contribution in [0, 0.1) is 17.2 Å². The molecule has 2 nitrogen and oxygen atoms in total. The molecule has 0 bridgehead atoms. The first kappa shape index (κ1) is 15.3. The van der Waals surface area contributed by atoms with E-state index in [0.29, 0.717) is 16.8 Å².